The number of rotatable bonds is 6. The molecular formula is C27H39F5INO2SSi. The van der Waals surface area contributed by atoms with Gasteiger partial charge in [-0.2, -0.15) is 0 Å². The minimum atomic E-state index is -9.82. The third-order valence-corrected chi connectivity index (χ3v) is 14.5. The Morgan fingerprint density at radius 2 is 1.61 bits per heavy atom. The first kappa shape index (κ1) is 31.8. The van der Waals surface area contributed by atoms with Crippen molar-refractivity contribution in [3.8, 4) is 0 Å². The molecule has 38 heavy (non-hydrogen) atoms. The van der Waals surface area contributed by atoms with Crippen LogP contribution < -0.4 is 0 Å². The van der Waals surface area contributed by atoms with E-state index in [2.05, 4.69) is 70.3 Å². The molecule has 1 aliphatic rings. The van der Waals surface area contributed by atoms with Crippen molar-refractivity contribution in [1.82, 2.24) is 4.98 Å². The zero-order valence-corrected chi connectivity index (χ0v) is 27.4. The summed E-state index contributed by atoms with van der Waals surface area (Å²) in [7, 11) is -12.0. The highest BCUT2D eigenvalue weighted by molar-refractivity contribution is 14.1. The number of halogens is 6. The van der Waals surface area contributed by atoms with Crippen molar-refractivity contribution in [2.24, 2.45) is 5.41 Å². The average Bonchev–Trinajstić information content (AvgIpc) is 2.69. The molecule has 0 radical (unpaired) electrons. The number of aliphatic hydroxyl groups excluding tert-OH is 1. The van der Waals surface area contributed by atoms with Crippen LogP contribution in [0.15, 0.2) is 29.2 Å². The molecule has 216 valence electrons. The van der Waals surface area contributed by atoms with Gasteiger partial charge in [-0.05, 0) is 82.6 Å². The van der Waals surface area contributed by atoms with E-state index in [-0.39, 0.29) is 28.0 Å². The van der Waals surface area contributed by atoms with E-state index in [1.165, 1.54) is 0 Å². The largest absolute Gasteiger partial charge is 0.410 e. The second-order valence-electron chi connectivity index (χ2n) is 13.1. The van der Waals surface area contributed by atoms with Gasteiger partial charge in [0, 0.05) is 20.4 Å². The lowest BCUT2D eigenvalue weighted by Crippen LogP contribution is -2.44. The molecule has 1 aliphatic carbocycles. The van der Waals surface area contributed by atoms with Crippen LogP contribution in [0, 0.1) is 8.99 Å². The van der Waals surface area contributed by atoms with Gasteiger partial charge in [0.1, 0.15) is 11.0 Å². The molecule has 0 bridgehead atoms. The molecule has 2 unspecified atom stereocenters. The maximum atomic E-state index is 13.3. The van der Waals surface area contributed by atoms with Crippen LogP contribution in [0.3, 0.4) is 0 Å². The zero-order chi connectivity index (χ0) is 29.3. The van der Waals surface area contributed by atoms with Crippen LogP contribution >= 0.6 is 32.8 Å². The smallest absolute Gasteiger partial charge is 0.310 e. The highest BCUT2D eigenvalue weighted by atomic mass is 127. The first-order valence-electron chi connectivity index (χ1n) is 12.7. The van der Waals surface area contributed by atoms with Crippen molar-refractivity contribution in [2.75, 3.05) is 0 Å². The van der Waals surface area contributed by atoms with Gasteiger partial charge in [-0.1, -0.05) is 80.0 Å². The van der Waals surface area contributed by atoms with Crippen molar-refractivity contribution in [3.05, 3.63) is 55.9 Å². The van der Waals surface area contributed by atoms with Crippen LogP contribution in [0.1, 0.15) is 101 Å². The predicted molar refractivity (Wildman–Crippen MR) is 156 cm³/mol. The third-order valence-electron chi connectivity index (χ3n) is 7.73. The summed E-state index contributed by atoms with van der Waals surface area (Å²) >= 11 is 2.19. The third kappa shape index (κ3) is 6.58. The zero-order valence-electron chi connectivity index (χ0n) is 23.4. The van der Waals surface area contributed by atoms with Gasteiger partial charge in [0.15, 0.2) is 8.32 Å². The molecule has 1 aromatic heterocycles. The SMILES string of the molecule is CC(C)c1nc2c(c(I)c1C(O)c1ccc(S(F)(F)(F)(F)F)cc1)C(O[Si](C)(C)C(C)(C)C)CC(C)(C)C2. The monoisotopic (exact) mass is 691 g/mol. The second-order valence-corrected chi connectivity index (χ2v) is 21.3. The number of nitrogens with zero attached hydrogens (tertiary/aromatic N) is 1. The lowest BCUT2D eigenvalue weighted by Gasteiger charge is -2.44. The molecule has 1 heterocycles. The summed E-state index contributed by atoms with van der Waals surface area (Å²) in [6.45, 7) is 19.1. The standard InChI is InChI=1S/C27H39F5INO2SSi/c1-16(2)24-22(25(35)17-10-12-18(13-11-17)37(28,29,30,31)32)23(33)21-19(34-24)14-27(6,7)15-20(21)36-38(8,9)26(3,4)5/h10-13,16,20,25,35H,14-15H2,1-9H3. The Labute approximate surface area is 238 Å². The Kier molecular flexibility index (Phi) is 7.62. The van der Waals surface area contributed by atoms with Crippen LogP contribution in [-0.2, 0) is 10.8 Å². The number of aliphatic hydroxyl groups is 1. The van der Waals surface area contributed by atoms with Crippen LogP contribution in [0.25, 0.3) is 0 Å². The van der Waals surface area contributed by atoms with Gasteiger partial charge in [0.2, 0.25) is 0 Å². The number of hydrogen-bond donors (Lipinski definition) is 1. The maximum Gasteiger partial charge on any atom is 0.310 e. The molecule has 1 N–H and O–H groups in total. The number of benzene rings is 1. The molecule has 2 atom stereocenters. The number of hydrogen-bond acceptors (Lipinski definition) is 3. The summed E-state index contributed by atoms with van der Waals surface area (Å²) in [5, 5.41) is 11.4. The minimum Gasteiger partial charge on any atom is -0.410 e. The van der Waals surface area contributed by atoms with Crippen molar-refractivity contribution in [2.45, 2.75) is 102 Å². The fourth-order valence-corrected chi connectivity index (χ4v) is 7.79. The van der Waals surface area contributed by atoms with Crippen LogP contribution in [-0.4, -0.2) is 18.4 Å². The number of aromatic nitrogens is 1. The number of pyridine rings is 1. The van der Waals surface area contributed by atoms with Gasteiger partial charge in [-0.3, -0.25) is 4.98 Å². The molecule has 3 rings (SSSR count). The topological polar surface area (TPSA) is 42.4 Å². The Hall–Kier alpha value is -0.763. The van der Waals surface area contributed by atoms with Crippen molar-refractivity contribution in [3.63, 3.8) is 0 Å². The summed E-state index contributed by atoms with van der Waals surface area (Å²) in [6.07, 6.45) is -0.103. The maximum absolute atomic E-state index is 13.3. The highest BCUT2D eigenvalue weighted by Gasteiger charge is 2.65. The normalized spacial score (nSPS) is 21.0. The summed E-state index contributed by atoms with van der Waals surface area (Å²) < 4.78 is 74.0. The van der Waals surface area contributed by atoms with E-state index >= 15 is 0 Å². The number of fused-ring (bicyclic) bond motifs is 1. The molecule has 0 saturated heterocycles. The van der Waals surface area contributed by atoms with Crippen LogP contribution in [0.5, 0.6) is 0 Å². The van der Waals surface area contributed by atoms with E-state index < -0.39 is 29.5 Å². The minimum absolute atomic E-state index is 0.0293. The molecule has 2 aromatic rings. The summed E-state index contributed by atoms with van der Waals surface area (Å²) in [4.78, 5) is 3.04. The Morgan fingerprint density at radius 3 is 2.05 bits per heavy atom. The molecule has 0 saturated carbocycles. The summed E-state index contributed by atoms with van der Waals surface area (Å²) in [5.41, 5.74) is 2.98. The first-order valence-corrected chi connectivity index (χ1v) is 18.6. The van der Waals surface area contributed by atoms with Crippen LogP contribution in [0.2, 0.25) is 18.1 Å². The fourth-order valence-electron chi connectivity index (χ4n) is 4.65. The fraction of sp³-hybridized carbons (Fsp3) is 0.593. The lowest BCUT2D eigenvalue weighted by atomic mass is 9.74. The summed E-state index contributed by atoms with van der Waals surface area (Å²) in [6, 6.07) is 2.54. The van der Waals surface area contributed by atoms with Gasteiger partial charge in [-0.15, -0.1) is 0 Å². The van der Waals surface area contributed by atoms with Crippen LogP contribution in [0.4, 0.5) is 19.4 Å². The Bertz CT molecular complexity index is 1230. The van der Waals surface area contributed by atoms with E-state index in [0.29, 0.717) is 23.4 Å². The first-order chi connectivity index (χ1) is 16.7. The van der Waals surface area contributed by atoms with E-state index in [1.54, 1.807) is 0 Å². The van der Waals surface area contributed by atoms with E-state index in [1.807, 2.05) is 13.8 Å². The van der Waals surface area contributed by atoms with E-state index in [9.17, 15) is 24.5 Å². The molecule has 0 spiro atoms. The second kappa shape index (κ2) is 9.12. The van der Waals surface area contributed by atoms with E-state index in [0.717, 1.165) is 39.8 Å². The van der Waals surface area contributed by atoms with Crippen molar-refractivity contribution >= 4 is 41.1 Å². The highest BCUT2D eigenvalue weighted by Crippen LogP contribution is 3.02. The van der Waals surface area contributed by atoms with Gasteiger partial charge in [-0.25, -0.2) is 0 Å². The van der Waals surface area contributed by atoms with Crippen molar-refractivity contribution in [1.29, 1.82) is 0 Å². The van der Waals surface area contributed by atoms with Gasteiger partial charge in [0.25, 0.3) is 0 Å². The molecule has 0 fully saturated rings. The van der Waals surface area contributed by atoms with Crippen molar-refractivity contribution < 1.29 is 29.0 Å². The molecule has 3 nitrogen and oxygen atoms in total. The molecule has 0 amide bonds. The summed E-state index contributed by atoms with van der Waals surface area (Å²) in [5.74, 6) is -0.0905. The van der Waals surface area contributed by atoms with Gasteiger partial charge < -0.3 is 9.53 Å². The Morgan fingerprint density at radius 1 is 1.08 bits per heavy atom. The van der Waals surface area contributed by atoms with E-state index in [4.69, 9.17) is 9.41 Å². The molecular weight excluding hydrogens is 652 g/mol. The van der Waals surface area contributed by atoms with Gasteiger partial charge >= 0.3 is 10.2 Å². The Balaban J connectivity index is 2.20. The van der Waals surface area contributed by atoms with Gasteiger partial charge in [0.05, 0.1) is 11.8 Å². The molecule has 1 aromatic carbocycles. The quantitative estimate of drug-likeness (QED) is 0.186. The lowest BCUT2D eigenvalue weighted by molar-refractivity contribution is 0.104. The average molecular weight is 692 g/mol. The predicted octanol–water partition coefficient (Wildman–Crippen LogP) is 10.6. The molecule has 0 aliphatic heterocycles. The molecule has 11 heteroatoms.